The maximum Gasteiger partial charge on any atom is 0.0463 e. The van der Waals surface area contributed by atoms with E-state index >= 15 is 0 Å². The highest BCUT2D eigenvalue weighted by atomic mass is 15.2. The van der Waals surface area contributed by atoms with E-state index in [1.165, 1.54) is 0 Å². The smallest absolute Gasteiger partial charge is 0.0463 e. The highest BCUT2D eigenvalue weighted by Crippen LogP contribution is 2.45. The fourth-order valence-electron chi connectivity index (χ4n) is 11.1. The molecule has 0 radical (unpaired) electrons. The van der Waals surface area contributed by atoms with E-state index in [0.29, 0.717) is 0 Å². The van der Waals surface area contributed by atoms with Gasteiger partial charge in [0.25, 0.3) is 0 Å². The number of hydrogen-bond donors (Lipinski definition) is 0. The van der Waals surface area contributed by atoms with Crippen molar-refractivity contribution in [1.29, 1.82) is 0 Å². The first-order chi connectivity index (χ1) is 41.7. The first kappa shape index (κ1) is 52.1. The minimum absolute atomic E-state index is 1.01. The molecule has 0 heterocycles. The molecule has 0 aliphatic rings. The van der Waals surface area contributed by atoms with Crippen molar-refractivity contribution < 1.29 is 0 Å². The Labute approximate surface area is 493 Å². The molecule has 13 aromatic rings. The van der Waals surface area contributed by atoms with Gasteiger partial charge in [0.15, 0.2) is 0 Å². The minimum atomic E-state index is 1.01. The molecule has 6 heteroatoms. The summed E-state index contributed by atoms with van der Waals surface area (Å²) in [6.45, 7) is 0. The summed E-state index contributed by atoms with van der Waals surface area (Å²) in [6, 6.07) is 129. The second kappa shape index (κ2) is 24.6. The van der Waals surface area contributed by atoms with Crippen molar-refractivity contribution in [2.45, 2.75) is 0 Å². The van der Waals surface area contributed by atoms with E-state index in [-0.39, 0.29) is 0 Å². The van der Waals surface area contributed by atoms with E-state index in [0.717, 1.165) is 102 Å². The van der Waals surface area contributed by atoms with Crippen LogP contribution in [0.4, 0.5) is 102 Å². The maximum atomic E-state index is 2.35. The van der Waals surface area contributed by atoms with Crippen LogP contribution in [-0.2, 0) is 0 Å². The van der Waals surface area contributed by atoms with E-state index in [9.17, 15) is 0 Å². The molecule has 0 aliphatic heterocycles. The number of hydrogen-bond acceptors (Lipinski definition) is 6. The van der Waals surface area contributed by atoms with Gasteiger partial charge in [-0.2, -0.15) is 0 Å². The van der Waals surface area contributed by atoms with Crippen molar-refractivity contribution in [2.75, 3.05) is 29.4 Å². The molecule has 0 fully saturated rings. The molecule has 402 valence electrons. The predicted molar refractivity (Wildman–Crippen MR) is 355 cm³/mol. The van der Waals surface area contributed by atoms with Crippen LogP contribution >= 0.6 is 0 Å². The molecule has 0 aromatic heterocycles. The van der Waals surface area contributed by atoms with Crippen LogP contribution in [0.3, 0.4) is 0 Å². The molecular formula is C78H60N6. The zero-order chi connectivity index (χ0) is 56.3. The zero-order valence-electron chi connectivity index (χ0n) is 46.3. The Kier molecular flexibility index (Phi) is 15.2. The summed E-state index contributed by atoms with van der Waals surface area (Å²) in [6.07, 6.45) is 0. The van der Waals surface area contributed by atoms with Crippen LogP contribution in [-0.4, -0.2) is 0 Å². The molecule has 0 aliphatic carbocycles. The topological polar surface area (TPSA) is 19.4 Å². The molecule has 0 spiro atoms. The predicted octanol–water partition coefficient (Wildman–Crippen LogP) is 22.5. The minimum Gasteiger partial charge on any atom is -0.311 e. The SMILES string of the molecule is c1ccc(N(c2ccccc2)c2ccc(N(c3ccc(N(c4ccccc4)c4ccccc4)cc3)c3ccc(N(c4ccc(N(c5ccccc5)c5ccccc5)cc4)c4ccc(N(c5ccccc5)c5ccccc5)cc4)cc3)cc2)cc1. The number of para-hydroxylation sites is 8. The van der Waals surface area contributed by atoms with Crippen molar-refractivity contribution >= 4 is 102 Å². The van der Waals surface area contributed by atoms with Gasteiger partial charge < -0.3 is 29.4 Å². The van der Waals surface area contributed by atoms with Gasteiger partial charge in [0.2, 0.25) is 0 Å². The molecule has 0 amide bonds. The monoisotopic (exact) mass is 1080 g/mol. The summed E-state index contributed by atoms with van der Waals surface area (Å²) in [4.78, 5) is 13.9. The third kappa shape index (κ3) is 11.2. The van der Waals surface area contributed by atoms with Crippen molar-refractivity contribution in [1.82, 2.24) is 0 Å². The molecule has 13 aromatic carbocycles. The van der Waals surface area contributed by atoms with Crippen molar-refractivity contribution in [3.05, 3.63) is 364 Å². The second-order valence-corrected chi connectivity index (χ2v) is 20.3. The lowest BCUT2D eigenvalue weighted by Crippen LogP contribution is -2.14. The summed E-state index contributed by atoms with van der Waals surface area (Å²) in [5.41, 5.74) is 19.0. The fraction of sp³-hybridized carbons (Fsp3) is 0. The van der Waals surface area contributed by atoms with Crippen LogP contribution in [0.2, 0.25) is 0 Å². The van der Waals surface area contributed by atoms with Gasteiger partial charge in [-0.1, -0.05) is 146 Å². The van der Waals surface area contributed by atoms with Crippen LogP contribution in [0.15, 0.2) is 364 Å². The summed E-state index contributed by atoms with van der Waals surface area (Å²) >= 11 is 0. The number of anilines is 18. The van der Waals surface area contributed by atoms with Crippen LogP contribution in [0, 0.1) is 0 Å². The second-order valence-electron chi connectivity index (χ2n) is 20.3. The standard InChI is InChI=1S/C78H60N6/c1-9-25-61(26-10-1)79(62-27-11-2-12-28-62)69-41-49-73(50-42-69)83(74-51-43-70(44-52-74)80(63-29-13-3-14-30-63)64-31-15-4-16-32-64)77-57-59-78(60-58-77)84(75-53-45-71(46-54-75)81(65-33-17-5-18-34-65)66-35-19-6-20-36-66)76-55-47-72(48-56-76)82(67-37-21-7-22-38-67)68-39-23-8-24-40-68/h1-60H. The highest BCUT2D eigenvalue weighted by Gasteiger charge is 2.22. The maximum absolute atomic E-state index is 2.35. The Balaban J connectivity index is 0.911. The van der Waals surface area contributed by atoms with Crippen LogP contribution in [0.25, 0.3) is 0 Å². The van der Waals surface area contributed by atoms with Crippen LogP contribution in [0.1, 0.15) is 0 Å². The summed E-state index contributed by atoms with van der Waals surface area (Å²) in [5, 5.41) is 0. The number of benzene rings is 13. The Morgan fingerprint density at radius 2 is 0.155 bits per heavy atom. The number of nitrogens with zero attached hydrogens (tertiary/aromatic N) is 6. The quantitative estimate of drug-likeness (QED) is 0.0847. The zero-order valence-corrected chi connectivity index (χ0v) is 46.3. The molecule has 0 N–H and O–H groups in total. The highest BCUT2D eigenvalue weighted by molar-refractivity contribution is 5.87. The van der Waals surface area contributed by atoms with Crippen LogP contribution in [0.5, 0.6) is 0 Å². The molecule has 0 bridgehead atoms. The van der Waals surface area contributed by atoms with Gasteiger partial charge in [-0.15, -0.1) is 0 Å². The molecule has 0 atom stereocenters. The Morgan fingerprint density at radius 3 is 0.238 bits per heavy atom. The van der Waals surface area contributed by atoms with Gasteiger partial charge in [-0.3, -0.25) is 0 Å². The van der Waals surface area contributed by atoms with Crippen molar-refractivity contribution in [3.63, 3.8) is 0 Å². The van der Waals surface area contributed by atoms with Gasteiger partial charge in [-0.05, 0) is 218 Å². The molecule has 0 unspecified atom stereocenters. The average Bonchev–Trinajstić information content (AvgIpc) is 3.75. The third-order valence-corrected chi connectivity index (χ3v) is 14.9. The summed E-state index contributed by atoms with van der Waals surface area (Å²) in [5.74, 6) is 0. The van der Waals surface area contributed by atoms with Gasteiger partial charge in [-0.25, -0.2) is 0 Å². The fourth-order valence-corrected chi connectivity index (χ4v) is 11.1. The van der Waals surface area contributed by atoms with Gasteiger partial charge in [0.1, 0.15) is 0 Å². The first-order valence-electron chi connectivity index (χ1n) is 28.4. The average molecular weight is 1080 g/mol. The van der Waals surface area contributed by atoms with Gasteiger partial charge >= 0.3 is 0 Å². The van der Waals surface area contributed by atoms with Gasteiger partial charge in [0.05, 0.1) is 0 Å². The Morgan fingerprint density at radius 1 is 0.0833 bits per heavy atom. The molecule has 84 heavy (non-hydrogen) atoms. The molecular weight excluding hydrogens is 1020 g/mol. The Hall–Kier alpha value is -11.3. The normalized spacial score (nSPS) is 10.9. The third-order valence-electron chi connectivity index (χ3n) is 14.9. The van der Waals surface area contributed by atoms with E-state index in [2.05, 4.69) is 393 Å². The van der Waals surface area contributed by atoms with Gasteiger partial charge in [0, 0.05) is 102 Å². The molecule has 6 nitrogen and oxygen atoms in total. The largest absolute Gasteiger partial charge is 0.311 e. The van der Waals surface area contributed by atoms with E-state index in [4.69, 9.17) is 0 Å². The molecule has 0 saturated carbocycles. The van der Waals surface area contributed by atoms with E-state index in [1.807, 2.05) is 0 Å². The lowest BCUT2D eigenvalue weighted by atomic mass is 10.1. The van der Waals surface area contributed by atoms with Crippen molar-refractivity contribution in [3.8, 4) is 0 Å². The molecule has 0 saturated heterocycles. The number of rotatable bonds is 18. The Bertz CT molecular complexity index is 3440. The van der Waals surface area contributed by atoms with Crippen LogP contribution < -0.4 is 29.4 Å². The lowest BCUT2D eigenvalue weighted by molar-refractivity contribution is 1.23. The summed E-state index contributed by atoms with van der Waals surface area (Å²) in [7, 11) is 0. The molecule has 13 rings (SSSR count). The summed E-state index contributed by atoms with van der Waals surface area (Å²) < 4.78 is 0. The van der Waals surface area contributed by atoms with E-state index < -0.39 is 0 Å². The first-order valence-corrected chi connectivity index (χ1v) is 28.4. The van der Waals surface area contributed by atoms with Crippen molar-refractivity contribution in [2.24, 2.45) is 0 Å². The lowest BCUT2D eigenvalue weighted by Gasteiger charge is -2.31. The van der Waals surface area contributed by atoms with E-state index in [1.54, 1.807) is 0 Å².